The second kappa shape index (κ2) is 11.0. The van der Waals surface area contributed by atoms with Gasteiger partial charge in [0.15, 0.2) is 0 Å². The molecule has 0 bridgehead atoms. The van der Waals surface area contributed by atoms with E-state index in [1.165, 1.54) is 0 Å². The van der Waals surface area contributed by atoms with Crippen LogP contribution in [0.1, 0.15) is 44.0 Å². The van der Waals surface area contributed by atoms with Crippen LogP contribution >= 0.6 is 0 Å². The summed E-state index contributed by atoms with van der Waals surface area (Å²) in [6.07, 6.45) is 2.13. The first-order valence-electron chi connectivity index (χ1n) is 9.65. The Labute approximate surface area is 166 Å². The van der Waals surface area contributed by atoms with Crippen molar-refractivity contribution < 1.29 is 14.3 Å². The minimum atomic E-state index is -0.190. The number of ether oxygens (including phenoxy) is 1. The molecule has 2 aromatic rings. The van der Waals surface area contributed by atoms with Gasteiger partial charge in [0.2, 0.25) is 5.91 Å². The molecule has 0 aliphatic rings. The highest BCUT2D eigenvalue weighted by Gasteiger charge is 2.09. The summed E-state index contributed by atoms with van der Waals surface area (Å²) in [6, 6.07) is 14.5. The van der Waals surface area contributed by atoms with Gasteiger partial charge in [-0.05, 0) is 62.7 Å². The molecule has 2 amide bonds. The van der Waals surface area contributed by atoms with E-state index in [-0.39, 0.29) is 24.4 Å². The van der Waals surface area contributed by atoms with E-state index in [0.29, 0.717) is 17.9 Å². The van der Waals surface area contributed by atoms with Crippen molar-refractivity contribution in [2.45, 2.75) is 39.7 Å². The predicted molar refractivity (Wildman–Crippen MR) is 113 cm³/mol. The predicted octanol–water partition coefficient (Wildman–Crippen LogP) is 4.05. The van der Waals surface area contributed by atoms with Crippen LogP contribution in [0.2, 0.25) is 0 Å². The normalized spacial score (nSPS) is 10.4. The van der Waals surface area contributed by atoms with Crippen molar-refractivity contribution in [3.8, 4) is 5.75 Å². The number of hydrogen-bond acceptors (Lipinski definition) is 4. The highest BCUT2D eigenvalue weighted by molar-refractivity contribution is 5.98. The number of benzene rings is 2. The van der Waals surface area contributed by atoms with Gasteiger partial charge in [0.05, 0.1) is 13.2 Å². The van der Waals surface area contributed by atoms with Gasteiger partial charge in [0.25, 0.3) is 5.91 Å². The highest BCUT2D eigenvalue weighted by Crippen LogP contribution is 2.16. The lowest BCUT2D eigenvalue weighted by Crippen LogP contribution is -2.30. The maximum absolute atomic E-state index is 12.2. The number of nitrogens with one attached hydrogen (secondary N) is 3. The molecule has 6 nitrogen and oxygen atoms in total. The Hall–Kier alpha value is -3.02. The van der Waals surface area contributed by atoms with Crippen LogP contribution in [0.25, 0.3) is 0 Å². The van der Waals surface area contributed by atoms with Crippen molar-refractivity contribution in [1.29, 1.82) is 0 Å². The quantitative estimate of drug-likeness (QED) is 0.541. The molecule has 0 radical (unpaired) electrons. The number of hydrogen-bond donors (Lipinski definition) is 3. The third kappa shape index (κ3) is 7.31. The van der Waals surface area contributed by atoms with Crippen LogP contribution in [0.3, 0.4) is 0 Å². The summed E-state index contributed by atoms with van der Waals surface area (Å²) in [5, 5.41) is 8.71. The van der Waals surface area contributed by atoms with Gasteiger partial charge >= 0.3 is 0 Å². The molecule has 6 heteroatoms. The molecule has 0 aromatic heterocycles. The molecule has 0 aliphatic carbocycles. The first-order valence-corrected chi connectivity index (χ1v) is 9.65. The molecule has 0 unspecified atom stereocenters. The SMILES string of the molecule is CCCCOc1ccc(NCC(=O)Nc2cccc(C(=O)NC(C)C)c2)cc1. The van der Waals surface area contributed by atoms with Crippen LogP contribution < -0.4 is 20.7 Å². The fourth-order valence-electron chi connectivity index (χ4n) is 2.47. The lowest BCUT2D eigenvalue weighted by atomic mass is 10.1. The molecule has 2 aromatic carbocycles. The van der Waals surface area contributed by atoms with Crippen LogP contribution in [0.15, 0.2) is 48.5 Å². The molecular formula is C22H29N3O3. The van der Waals surface area contributed by atoms with Gasteiger partial charge in [-0.1, -0.05) is 19.4 Å². The van der Waals surface area contributed by atoms with E-state index in [0.717, 1.165) is 24.3 Å². The Morgan fingerprint density at radius 2 is 1.79 bits per heavy atom. The molecule has 0 aliphatic heterocycles. The van der Waals surface area contributed by atoms with E-state index in [4.69, 9.17) is 4.74 Å². The van der Waals surface area contributed by atoms with E-state index in [9.17, 15) is 9.59 Å². The molecule has 28 heavy (non-hydrogen) atoms. The average molecular weight is 383 g/mol. The second-order valence-corrected chi connectivity index (χ2v) is 6.84. The number of amides is 2. The molecule has 0 saturated carbocycles. The third-order valence-electron chi connectivity index (χ3n) is 3.90. The third-order valence-corrected chi connectivity index (χ3v) is 3.90. The van der Waals surface area contributed by atoms with E-state index in [1.807, 2.05) is 38.1 Å². The molecule has 0 atom stereocenters. The zero-order valence-electron chi connectivity index (χ0n) is 16.7. The van der Waals surface area contributed by atoms with Crippen LogP contribution in [0.5, 0.6) is 5.75 Å². The van der Waals surface area contributed by atoms with Crippen LogP contribution in [-0.2, 0) is 4.79 Å². The lowest BCUT2D eigenvalue weighted by Gasteiger charge is -2.11. The molecule has 0 spiro atoms. The van der Waals surface area contributed by atoms with Crippen LogP contribution in [0, 0.1) is 0 Å². The standard InChI is InChI=1S/C22H29N3O3/c1-4-5-13-28-20-11-9-18(10-12-20)23-15-21(26)25-19-8-6-7-17(14-19)22(27)24-16(2)3/h6-12,14,16,23H,4-5,13,15H2,1-3H3,(H,24,27)(H,25,26). The summed E-state index contributed by atoms with van der Waals surface area (Å²) in [4.78, 5) is 24.3. The summed E-state index contributed by atoms with van der Waals surface area (Å²) in [5.41, 5.74) is 1.93. The molecule has 150 valence electrons. The number of anilines is 2. The zero-order valence-corrected chi connectivity index (χ0v) is 16.7. The number of carbonyl (C=O) groups is 2. The minimum Gasteiger partial charge on any atom is -0.494 e. The lowest BCUT2D eigenvalue weighted by molar-refractivity contribution is -0.114. The Morgan fingerprint density at radius 1 is 1.04 bits per heavy atom. The number of rotatable bonds is 10. The summed E-state index contributed by atoms with van der Waals surface area (Å²) in [5.74, 6) is 0.468. The maximum atomic E-state index is 12.2. The van der Waals surface area contributed by atoms with Crippen LogP contribution in [-0.4, -0.2) is 31.0 Å². The largest absolute Gasteiger partial charge is 0.494 e. The van der Waals surface area contributed by atoms with Gasteiger partial charge < -0.3 is 20.7 Å². The maximum Gasteiger partial charge on any atom is 0.251 e. The number of unbranched alkanes of at least 4 members (excludes halogenated alkanes) is 1. The molecule has 0 fully saturated rings. The molecule has 3 N–H and O–H groups in total. The van der Waals surface area contributed by atoms with Gasteiger partial charge in [-0.2, -0.15) is 0 Å². The zero-order chi connectivity index (χ0) is 20.4. The van der Waals surface area contributed by atoms with Crippen LogP contribution in [0.4, 0.5) is 11.4 Å². The summed E-state index contributed by atoms with van der Waals surface area (Å²) < 4.78 is 5.62. The molecule has 0 saturated heterocycles. The van der Waals surface area contributed by atoms with Crippen molar-refractivity contribution in [2.75, 3.05) is 23.8 Å². The summed E-state index contributed by atoms with van der Waals surface area (Å²) in [6.45, 7) is 6.76. The summed E-state index contributed by atoms with van der Waals surface area (Å²) in [7, 11) is 0. The smallest absolute Gasteiger partial charge is 0.251 e. The fraction of sp³-hybridized carbons (Fsp3) is 0.364. The fourth-order valence-corrected chi connectivity index (χ4v) is 2.47. The van der Waals surface area contributed by atoms with Gasteiger partial charge in [-0.3, -0.25) is 9.59 Å². The molecule has 0 heterocycles. The Kier molecular flexibility index (Phi) is 8.34. The topological polar surface area (TPSA) is 79.5 Å². The van der Waals surface area contributed by atoms with Gasteiger partial charge in [-0.25, -0.2) is 0 Å². The van der Waals surface area contributed by atoms with Crippen molar-refractivity contribution in [2.24, 2.45) is 0 Å². The average Bonchev–Trinajstić information content (AvgIpc) is 2.67. The van der Waals surface area contributed by atoms with E-state index in [2.05, 4.69) is 22.9 Å². The number of carbonyl (C=O) groups excluding carboxylic acids is 2. The Bertz CT molecular complexity index is 773. The van der Waals surface area contributed by atoms with Gasteiger partial charge in [0.1, 0.15) is 5.75 Å². The van der Waals surface area contributed by atoms with Gasteiger partial charge in [-0.15, -0.1) is 0 Å². The molecular weight excluding hydrogens is 354 g/mol. The Morgan fingerprint density at radius 3 is 2.46 bits per heavy atom. The Balaban J connectivity index is 1.83. The highest BCUT2D eigenvalue weighted by atomic mass is 16.5. The first kappa shape index (κ1) is 21.3. The van der Waals surface area contributed by atoms with Crippen molar-refractivity contribution >= 4 is 23.2 Å². The first-order chi connectivity index (χ1) is 13.5. The van der Waals surface area contributed by atoms with Crippen molar-refractivity contribution in [3.63, 3.8) is 0 Å². The monoisotopic (exact) mass is 383 g/mol. The van der Waals surface area contributed by atoms with Crippen molar-refractivity contribution in [3.05, 3.63) is 54.1 Å². The summed E-state index contributed by atoms with van der Waals surface area (Å²) >= 11 is 0. The van der Waals surface area contributed by atoms with E-state index in [1.54, 1.807) is 24.3 Å². The second-order valence-electron chi connectivity index (χ2n) is 6.84. The minimum absolute atomic E-state index is 0.0541. The van der Waals surface area contributed by atoms with E-state index >= 15 is 0 Å². The van der Waals surface area contributed by atoms with E-state index < -0.39 is 0 Å². The van der Waals surface area contributed by atoms with Gasteiger partial charge in [0, 0.05) is 23.0 Å². The molecule has 2 rings (SSSR count). The van der Waals surface area contributed by atoms with Crippen molar-refractivity contribution in [1.82, 2.24) is 5.32 Å².